The number of carboxylic acids is 1. The van der Waals surface area contributed by atoms with E-state index in [0.29, 0.717) is 32.7 Å². The van der Waals surface area contributed by atoms with Gasteiger partial charge in [-0.1, -0.05) is 6.92 Å². The van der Waals surface area contributed by atoms with Crippen molar-refractivity contribution in [2.75, 3.05) is 26.2 Å². The molecule has 0 aromatic heterocycles. The van der Waals surface area contributed by atoms with Gasteiger partial charge in [0.25, 0.3) is 0 Å². The van der Waals surface area contributed by atoms with E-state index in [2.05, 4.69) is 6.92 Å². The van der Waals surface area contributed by atoms with Crippen molar-refractivity contribution in [1.29, 1.82) is 0 Å². The van der Waals surface area contributed by atoms with Crippen LogP contribution in [0.5, 0.6) is 0 Å². The molecule has 1 N–H and O–H groups in total. The Morgan fingerprint density at radius 3 is 2.71 bits per heavy atom. The molecule has 2 unspecified atom stereocenters. The fourth-order valence-electron chi connectivity index (χ4n) is 3.13. The molecule has 2 aliphatic heterocycles. The summed E-state index contributed by atoms with van der Waals surface area (Å²) in [5.41, 5.74) is 0. The van der Waals surface area contributed by atoms with Crippen molar-refractivity contribution in [3.05, 3.63) is 0 Å². The molecule has 0 spiro atoms. The molecule has 0 saturated carbocycles. The zero-order valence-corrected chi connectivity index (χ0v) is 12.8. The van der Waals surface area contributed by atoms with Crippen molar-refractivity contribution in [3.63, 3.8) is 0 Å². The van der Waals surface area contributed by atoms with Gasteiger partial charge in [0.2, 0.25) is 0 Å². The third-order valence-corrected chi connectivity index (χ3v) is 4.24. The van der Waals surface area contributed by atoms with Crippen molar-refractivity contribution >= 4 is 12.0 Å². The summed E-state index contributed by atoms with van der Waals surface area (Å²) >= 11 is 0. The first kappa shape index (κ1) is 16.1. The van der Waals surface area contributed by atoms with E-state index in [9.17, 15) is 14.7 Å². The number of aliphatic carboxylic acids is 1. The molecule has 2 atom stereocenters. The summed E-state index contributed by atoms with van der Waals surface area (Å²) in [5, 5.41) is 9.29. The van der Waals surface area contributed by atoms with Crippen LogP contribution >= 0.6 is 0 Å². The Bertz CT molecular complexity index is 375. The Morgan fingerprint density at radius 1 is 1.19 bits per heavy atom. The number of nitrogens with zero attached hydrogens (tertiary/aromatic N) is 2. The van der Waals surface area contributed by atoms with Crippen LogP contribution in [0.25, 0.3) is 0 Å². The molecule has 0 aliphatic carbocycles. The van der Waals surface area contributed by atoms with Crippen molar-refractivity contribution < 1.29 is 19.4 Å². The SMILES string of the molecule is CCCOC1CCCN(C(=O)N2CCCCC2C(=O)O)C1. The monoisotopic (exact) mass is 298 g/mol. The summed E-state index contributed by atoms with van der Waals surface area (Å²) in [7, 11) is 0. The molecule has 120 valence electrons. The Hall–Kier alpha value is -1.30. The van der Waals surface area contributed by atoms with Gasteiger partial charge in [-0.2, -0.15) is 0 Å². The van der Waals surface area contributed by atoms with Gasteiger partial charge in [0.15, 0.2) is 0 Å². The number of hydrogen-bond acceptors (Lipinski definition) is 3. The molecule has 2 rings (SSSR count). The molecular weight excluding hydrogens is 272 g/mol. The number of piperidine rings is 2. The van der Waals surface area contributed by atoms with Crippen LogP contribution in [0.2, 0.25) is 0 Å². The molecule has 2 amide bonds. The maximum Gasteiger partial charge on any atom is 0.326 e. The second kappa shape index (κ2) is 7.64. The summed E-state index contributed by atoms with van der Waals surface area (Å²) in [6.45, 7) is 4.62. The van der Waals surface area contributed by atoms with Crippen molar-refractivity contribution in [2.24, 2.45) is 0 Å². The number of carbonyl (C=O) groups is 2. The first-order chi connectivity index (χ1) is 10.1. The highest BCUT2D eigenvalue weighted by molar-refractivity contribution is 5.83. The maximum atomic E-state index is 12.6. The Balaban J connectivity index is 1.95. The second-order valence-corrected chi connectivity index (χ2v) is 5.91. The summed E-state index contributed by atoms with van der Waals surface area (Å²) in [4.78, 5) is 27.2. The van der Waals surface area contributed by atoms with Gasteiger partial charge in [-0.05, 0) is 38.5 Å². The average Bonchev–Trinajstić information content (AvgIpc) is 2.52. The zero-order valence-electron chi connectivity index (χ0n) is 12.8. The molecule has 6 nitrogen and oxygen atoms in total. The van der Waals surface area contributed by atoms with E-state index in [4.69, 9.17) is 4.74 Å². The van der Waals surface area contributed by atoms with Crippen LogP contribution in [0.3, 0.4) is 0 Å². The lowest BCUT2D eigenvalue weighted by molar-refractivity contribution is -0.143. The molecule has 0 aromatic rings. The van der Waals surface area contributed by atoms with E-state index < -0.39 is 12.0 Å². The minimum atomic E-state index is -0.890. The van der Waals surface area contributed by atoms with Crippen molar-refractivity contribution in [1.82, 2.24) is 9.80 Å². The zero-order chi connectivity index (χ0) is 15.2. The van der Waals surface area contributed by atoms with Crippen LogP contribution in [0, 0.1) is 0 Å². The second-order valence-electron chi connectivity index (χ2n) is 5.91. The molecule has 2 saturated heterocycles. The van der Waals surface area contributed by atoms with E-state index in [-0.39, 0.29) is 12.1 Å². The first-order valence-corrected chi connectivity index (χ1v) is 8.03. The highest BCUT2D eigenvalue weighted by Crippen LogP contribution is 2.21. The lowest BCUT2D eigenvalue weighted by atomic mass is 10.0. The number of urea groups is 1. The minimum absolute atomic E-state index is 0.0933. The van der Waals surface area contributed by atoms with E-state index in [1.807, 2.05) is 0 Å². The highest BCUT2D eigenvalue weighted by atomic mass is 16.5. The van der Waals surface area contributed by atoms with Crippen molar-refractivity contribution in [2.45, 2.75) is 57.6 Å². The van der Waals surface area contributed by atoms with Crippen molar-refractivity contribution in [3.8, 4) is 0 Å². The molecule has 6 heteroatoms. The molecule has 21 heavy (non-hydrogen) atoms. The molecule has 0 radical (unpaired) electrons. The van der Waals surface area contributed by atoms with Gasteiger partial charge >= 0.3 is 12.0 Å². The highest BCUT2D eigenvalue weighted by Gasteiger charge is 2.35. The maximum absolute atomic E-state index is 12.6. The molecule has 0 aromatic carbocycles. The smallest absolute Gasteiger partial charge is 0.326 e. The number of likely N-dealkylation sites (tertiary alicyclic amines) is 2. The van der Waals surface area contributed by atoms with Crippen LogP contribution in [0.1, 0.15) is 45.4 Å². The van der Waals surface area contributed by atoms with E-state index in [0.717, 1.165) is 32.1 Å². The van der Waals surface area contributed by atoms with E-state index in [1.165, 1.54) is 4.90 Å². The predicted octanol–water partition coefficient (Wildman–Crippen LogP) is 1.94. The molecule has 2 fully saturated rings. The van der Waals surface area contributed by atoms with Crippen LogP contribution in [-0.4, -0.2) is 65.3 Å². The van der Waals surface area contributed by atoms with Crippen LogP contribution in [0.4, 0.5) is 4.79 Å². The van der Waals surface area contributed by atoms with E-state index >= 15 is 0 Å². The largest absolute Gasteiger partial charge is 0.480 e. The summed E-state index contributed by atoms with van der Waals surface area (Å²) < 4.78 is 5.75. The standard InChI is InChI=1S/C15H26N2O4/c1-2-10-21-12-6-5-8-16(11-12)15(20)17-9-4-3-7-13(17)14(18)19/h12-13H,2-11H2,1H3,(H,18,19). The molecule has 0 bridgehead atoms. The van der Waals surface area contributed by atoms with Crippen LogP contribution < -0.4 is 0 Å². The van der Waals surface area contributed by atoms with Crippen LogP contribution in [-0.2, 0) is 9.53 Å². The van der Waals surface area contributed by atoms with Gasteiger partial charge in [0.1, 0.15) is 6.04 Å². The van der Waals surface area contributed by atoms with Gasteiger partial charge in [0.05, 0.1) is 6.10 Å². The Labute approximate surface area is 126 Å². The molecular formula is C15H26N2O4. The predicted molar refractivity (Wildman–Crippen MR) is 78.2 cm³/mol. The third kappa shape index (κ3) is 4.09. The van der Waals surface area contributed by atoms with Gasteiger partial charge in [0, 0.05) is 26.2 Å². The topological polar surface area (TPSA) is 70.1 Å². The number of hydrogen-bond donors (Lipinski definition) is 1. The Morgan fingerprint density at radius 2 is 2.00 bits per heavy atom. The van der Waals surface area contributed by atoms with Crippen LogP contribution in [0.15, 0.2) is 0 Å². The first-order valence-electron chi connectivity index (χ1n) is 8.03. The van der Waals surface area contributed by atoms with Gasteiger partial charge < -0.3 is 19.6 Å². The Kier molecular flexibility index (Phi) is 5.85. The lowest BCUT2D eigenvalue weighted by Gasteiger charge is -2.40. The fraction of sp³-hybridized carbons (Fsp3) is 0.867. The summed E-state index contributed by atoms with van der Waals surface area (Å²) in [5.74, 6) is -0.890. The number of rotatable bonds is 4. The number of carbonyl (C=O) groups excluding carboxylic acids is 1. The molecule has 2 heterocycles. The number of amides is 2. The minimum Gasteiger partial charge on any atom is -0.480 e. The fourth-order valence-corrected chi connectivity index (χ4v) is 3.13. The normalized spacial score (nSPS) is 26.7. The average molecular weight is 298 g/mol. The number of carboxylic acid groups (broad SMARTS) is 1. The lowest BCUT2D eigenvalue weighted by Crippen LogP contribution is -2.55. The third-order valence-electron chi connectivity index (χ3n) is 4.24. The van der Waals surface area contributed by atoms with Gasteiger partial charge in [-0.15, -0.1) is 0 Å². The van der Waals surface area contributed by atoms with E-state index in [1.54, 1.807) is 4.90 Å². The van der Waals surface area contributed by atoms with Gasteiger partial charge in [-0.25, -0.2) is 9.59 Å². The van der Waals surface area contributed by atoms with Gasteiger partial charge in [-0.3, -0.25) is 0 Å². The summed E-state index contributed by atoms with van der Waals surface area (Å²) in [6, 6.07) is -0.796. The number of ether oxygens (including phenoxy) is 1. The summed E-state index contributed by atoms with van der Waals surface area (Å²) in [6.07, 6.45) is 5.29. The molecule has 2 aliphatic rings. The quantitative estimate of drug-likeness (QED) is 0.861.